The van der Waals surface area contributed by atoms with Gasteiger partial charge in [0, 0.05) is 4.88 Å². The Morgan fingerprint density at radius 2 is 2.25 bits per heavy atom. The molecule has 0 aliphatic rings. The molecule has 6 nitrogen and oxygen atoms in total. The van der Waals surface area contributed by atoms with Gasteiger partial charge in [-0.25, -0.2) is 9.97 Å². The average molecular weight is 236 g/mol. The summed E-state index contributed by atoms with van der Waals surface area (Å²) >= 11 is 1.43. The minimum atomic E-state index is -0.510. The van der Waals surface area contributed by atoms with E-state index in [1.165, 1.54) is 11.3 Å². The third-order valence-corrected chi connectivity index (χ3v) is 2.97. The number of aryl methyl sites for hydroxylation is 1. The number of nitro groups is 1. The Hall–Kier alpha value is -2.02. The quantitative estimate of drug-likeness (QED) is 0.635. The van der Waals surface area contributed by atoms with Crippen molar-refractivity contribution in [3.05, 3.63) is 33.3 Å². The number of nitrogens with two attached hydrogens (primary N) is 1. The largest absolute Gasteiger partial charge is 0.368 e. The number of hydrogen-bond donors (Lipinski definition) is 1. The van der Waals surface area contributed by atoms with Crippen LogP contribution in [0.25, 0.3) is 10.6 Å². The highest BCUT2D eigenvalue weighted by molar-refractivity contribution is 7.15. The van der Waals surface area contributed by atoms with E-state index in [0.717, 1.165) is 16.0 Å². The first-order valence-electron chi connectivity index (χ1n) is 4.41. The van der Waals surface area contributed by atoms with Gasteiger partial charge in [-0.2, -0.15) is 0 Å². The second-order valence-electron chi connectivity index (χ2n) is 3.13. The third-order valence-electron chi connectivity index (χ3n) is 1.96. The van der Waals surface area contributed by atoms with Crippen molar-refractivity contribution in [3.8, 4) is 10.6 Å². The molecule has 0 aliphatic carbocycles. The van der Waals surface area contributed by atoms with Crippen LogP contribution >= 0.6 is 11.3 Å². The highest BCUT2D eigenvalue weighted by Crippen LogP contribution is 2.32. The second-order valence-corrected chi connectivity index (χ2v) is 4.42. The Morgan fingerprint density at radius 3 is 2.81 bits per heavy atom. The summed E-state index contributed by atoms with van der Waals surface area (Å²) < 4.78 is 0. The van der Waals surface area contributed by atoms with Crippen molar-refractivity contribution in [2.75, 3.05) is 5.73 Å². The Kier molecular flexibility index (Phi) is 2.53. The molecule has 2 N–H and O–H groups in total. The fourth-order valence-electron chi connectivity index (χ4n) is 1.27. The van der Waals surface area contributed by atoms with Gasteiger partial charge in [0.15, 0.2) is 5.69 Å². The predicted molar refractivity (Wildman–Crippen MR) is 61.1 cm³/mol. The highest BCUT2D eigenvalue weighted by atomic mass is 32.1. The summed E-state index contributed by atoms with van der Waals surface area (Å²) in [6.45, 7) is 1.92. The molecule has 0 saturated heterocycles. The van der Waals surface area contributed by atoms with Crippen molar-refractivity contribution in [1.29, 1.82) is 0 Å². The molecule has 0 bridgehead atoms. The van der Waals surface area contributed by atoms with Gasteiger partial charge in [0.2, 0.25) is 5.95 Å². The Labute approximate surface area is 94.9 Å². The van der Waals surface area contributed by atoms with Crippen LogP contribution in [-0.2, 0) is 0 Å². The monoisotopic (exact) mass is 236 g/mol. The molecule has 2 rings (SSSR count). The molecule has 7 heteroatoms. The van der Waals surface area contributed by atoms with Crippen molar-refractivity contribution < 1.29 is 4.92 Å². The van der Waals surface area contributed by atoms with Gasteiger partial charge in [0.1, 0.15) is 6.20 Å². The molecular formula is C9H8N4O2S. The van der Waals surface area contributed by atoms with Crippen LogP contribution < -0.4 is 5.73 Å². The number of aromatic nitrogens is 2. The van der Waals surface area contributed by atoms with Crippen molar-refractivity contribution in [2.24, 2.45) is 0 Å². The fourth-order valence-corrected chi connectivity index (χ4v) is 2.13. The molecular weight excluding hydrogens is 228 g/mol. The molecule has 0 saturated carbocycles. The minimum Gasteiger partial charge on any atom is -0.368 e. The van der Waals surface area contributed by atoms with Crippen LogP contribution in [0.2, 0.25) is 0 Å². The molecule has 0 unspecified atom stereocenters. The molecule has 16 heavy (non-hydrogen) atoms. The Morgan fingerprint density at radius 1 is 1.50 bits per heavy atom. The topological polar surface area (TPSA) is 94.9 Å². The summed E-state index contributed by atoms with van der Waals surface area (Å²) in [6, 6.07) is 3.66. The lowest BCUT2D eigenvalue weighted by atomic mass is 10.3. The predicted octanol–water partition coefficient (Wildman–Crippen LogP) is 2.00. The van der Waals surface area contributed by atoms with E-state index in [2.05, 4.69) is 9.97 Å². The van der Waals surface area contributed by atoms with Crippen LogP contribution in [0.4, 0.5) is 11.6 Å². The maximum absolute atomic E-state index is 10.8. The summed E-state index contributed by atoms with van der Waals surface area (Å²) in [5.41, 5.74) is 5.58. The van der Waals surface area contributed by atoms with Gasteiger partial charge in [-0.15, -0.1) is 11.3 Å². The van der Waals surface area contributed by atoms with Gasteiger partial charge in [-0.3, -0.25) is 10.1 Å². The first-order valence-corrected chi connectivity index (χ1v) is 5.23. The van der Waals surface area contributed by atoms with Crippen LogP contribution in [0.15, 0.2) is 18.3 Å². The molecule has 0 fully saturated rings. The SMILES string of the molecule is Cc1ccc(-c2nc(N)ncc2[N+](=O)[O-])s1. The highest BCUT2D eigenvalue weighted by Gasteiger charge is 2.19. The third kappa shape index (κ3) is 1.84. The van der Waals surface area contributed by atoms with Gasteiger partial charge in [0.05, 0.1) is 9.80 Å². The molecule has 0 radical (unpaired) electrons. The normalized spacial score (nSPS) is 10.3. The molecule has 0 aromatic carbocycles. The molecule has 2 aromatic heterocycles. The van der Waals surface area contributed by atoms with E-state index in [1.807, 2.05) is 13.0 Å². The van der Waals surface area contributed by atoms with Crippen molar-refractivity contribution in [1.82, 2.24) is 9.97 Å². The van der Waals surface area contributed by atoms with Crippen LogP contribution in [0.5, 0.6) is 0 Å². The van der Waals surface area contributed by atoms with Crippen LogP contribution in [0.3, 0.4) is 0 Å². The van der Waals surface area contributed by atoms with Gasteiger partial charge >= 0.3 is 5.69 Å². The van der Waals surface area contributed by atoms with Crippen LogP contribution in [-0.4, -0.2) is 14.9 Å². The van der Waals surface area contributed by atoms with E-state index >= 15 is 0 Å². The van der Waals surface area contributed by atoms with E-state index in [-0.39, 0.29) is 17.3 Å². The number of nitrogen functional groups attached to an aromatic ring is 1. The average Bonchev–Trinajstić information content (AvgIpc) is 2.64. The first-order chi connectivity index (χ1) is 7.58. The number of anilines is 1. The maximum Gasteiger partial charge on any atom is 0.314 e. The second kappa shape index (κ2) is 3.86. The van der Waals surface area contributed by atoms with Crippen LogP contribution in [0.1, 0.15) is 4.88 Å². The lowest BCUT2D eigenvalue weighted by Gasteiger charge is -1.99. The van der Waals surface area contributed by atoms with Crippen molar-refractivity contribution >= 4 is 23.0 Å². The smallest absolute Gasteiger partial charge is 0.314 e. The Balaban J connectivity index is 2.62. The van der Waals surface area contributed by atoms with Gasteiger partial charge in [0.25, 0.3) is 0 Å². The number of thiophene rings is 1. The van der Waals surface area contributed by atoms with E-state index in [9.17, 15) is 10.1 Å². The van der Waals surface area contributed by atoms with Gasteiger partial charge in [-0.1, -0.05) is 0 Å². The summed E-state index contributed by atoms with van der Waals surface area (Å²) in [4.78, 5) is 19.6. The maximum atomic E-state index is 10.8. The zero-order valence-electron chi connectivity index (χ0n) is 8.38. The number of rotatable bonds is 2. The van der Waals surface area contributed by atoms with Crippen LogP contribution in [0, 0.1) is 17.0 Å². The molecule has 82 valence electrons. The summed E-state index contributed by atoms with van der Waals surface area (Å²) in [6.07, 6.45) is 1.13. The van der Waals surface area contributed by atoms with E-state index in [4.69, 9.17) is 5.73 Å². The number of hydrogen-bond acceptors (Lipinski definition) is 6. The summed E-state index contributed by atoms with van der Waals surface area (Å²) in [5, 5.41) is 10.8. The standard InChI is InChI=1S/C9H8N4O2S/c1-5-2-3-7(16-5)8-6(13(14)15)4-11-9(10)12-8/h2-4H,1H3,(H2,10,11,12). The van der Waals surface area contributed by atoms with Gasteiger partial charge in [-0.05, 0) is 19.1 Å². The Bertz CT molecular complexity index is 552. The van der Waals surface area contributed by atoms with E-state index in [0.29, 0.717) is 0 Å². The fraction of sp³-hybridized carbons (Fsp3) is 0.111. The lowest BCUT2D eigenvalue weighted by Crippen LogP contribution is -2.00. The molecule has 0 atom stereocenters. The molecule has 0 spiro atoms. The first kappa shape index (κ1) is 10.5. The molecule has 2 heterocycles. The number of nitrogens with zero attached hydrogens (tertiary/aromatic N) is 3. The molecule has 2 aromatic rings. The summed E-state index contributed by atoms with van der Waals surface area (Å²) in [5.74, 6) is 0.0339. The molecule has 0 aliphatic heterocycles. The van der Waals surface area contributed by atoms with Crippen molar-refractivity contribution in [2.45, 2.75) is 6.92 Å². The lowest BCUT2D eigenvalue weighted by molar-refractivity contribution is -0.384. The molecule has 0 amide bonds. The zero-order valence-corrected chi connectivity index (χ0v) is 9.19. The zero-order chi connectivity index (χ0) is 11.7. The minimum absolute atomic E-state index is 0.0339. The van der Waals surface area contributed by atoms with Crippen molar-refractivity contribution in [3.63, 3.8) is 0 Å². The van der Waals surface area contributed by atoms with E-state index in [1.54, 1.807) is 6.07 Å². The van der Waals surface area contributed by atoms with Gasteiger partial charge < -0.3 is 5.73 Å². The van der Waals surface area contributed by atoms with E-state index < -0.39 is 4.92 Å². The summed E-state index contributed by atoms with van der Waals surface area (Å²) in [7, 11) is 0.